The second-order valence-corrected chi connectivity index (χ2v) is 7.60. The average Bonchev–Trinajstić information content (AvgIpc) is 2.84. The summed E-state index contributed by atoms with van der Waals surface area (Å²) in [4.78, 5) is 15.6. The van der Waals surface area contributed by atoms with E-state index in [9.17, 15) is 15.0 Å². The number of pyridine rings is 1. The number of halogens is 1. The summed E-state index contributed by atoms with van der Waals surface area (Å²) in [5.74, 6) is 0.523. The monoisotopic (exact) mass is 471 g/mol. The molecule has 0 aliphatic carbocycles. The van der Waals surface area contributed by atoms with E-state index in [0.717, 1.165) is 5.56 Å². The maximum atomic E-state index is 11.5. The summed E-state index contributed by atoms with van der Waals surface area (Å²) in [5, 5.41) is 23.3. The molecule has 0 saturated heterocycles. The van der Waals surface area contributed by atoms with Gasteiger partial charge < -0.3 is 25.4 Å². The molecule has 33 heavy (non-hydrogen) atoms. The van der Waals surface area contributed by atoms with Gasteiger partial charge >= 0.3 is 0 Å². The minimum Gasteiger partial charge on any atom is -0.473 e. The molecule has 3 atom stereocenters. The van der Waals surface area contributed by atoms with Gasteiger partial charge in [0.1, 0.15) is 23.2 Å². The zero-order chi connectivity index (χ0) is 23.6. The molecule has 0 saturated carbocycles. The number of carbonyl (C=O) groups excluding carboxylic acids is 1. The summed E-state index contributed by atoms with van der Waals surface area (Å²) in [6.07, 6.45) is 0.184. The molecule has 0 fully saturated rings. The highest BCUT2D eigenvalue weighted by molar-refractivity contribution is 6.18. The lowest BCUT2D eigenvalue weighted by Gasteiger charge is -2.28. The van der Waals surface area contributed by atoms with Crippen LogP contribution in [0.3, 0.4) is 0 Å². The third-order valence-electron chi connectivity index (χ3n) is 4.79. The second-order valence-electron chi connectivity index (χ2n) is 7.29. The standard InChI is InChI=1S/C24H26ClN3O5/c25-14-21(30)24(33-18-5-2-1-3-6-18)28-17(15-29)13-16-8-10-19(11-9-16)32-23-20(22(26)31)7-4-12-27-23/h1-12,17,21,24,28-30H,13-15H2,(H2,26,31)/t17-,21+,24?/m0/s1. The molecule has 1 unspecified atom stereocenters. The van der Waals surface area contributed by atoms with Crippen LogP contribution in [0, 0.1) is 0 Å². The lowest BCUT2D eigenvalue weighted by molar-refractivity contribution is 0.0157. The van der Waals surface area contributed by atoms with Crippen molar-refractivity contribution in [2.24, 2.45) is 5.73 Å². The first-order valence-corrected chi connectivity index (χ1v) is 10.9. The molecular weight excluding hydrogens is 446 g/mol. The number of hydrogen-bond donors (Lipinski definition) is 4. The van der Waals surface area contributed by atoms with Gasteiger partial charge in [-0.1, -0.05) is 30.3 Å². The first kappa shape index (κ1) is 24.5. The smallest absolute Gasteiger partial charge is 0.254 e. The largest absolute Gasteiger partial charge is 0.473 e. The minimum absolute atomic E-state index is 0.0322. The highest BCUT2D eigenvalue weighted by Crippen LogP contribution is 2.23. The molecule has 5 N–H and O–H groups in total. The van der Waals surface area contributed by atoms with Gasteiger partial charge in [-0.15, -0.1) is 11.6 Å². The summed E-state index contributed by atoms with van der Waals surface area (Å²) >= 11 is 5.83. The van der Waals surface area contributed by atoms with Crippen molar-refractivity contribution in [2.75, 3.05) is 12.5 Å². The van der Waals surface area contributed by atoms with Gasteiger partial charge in [0.2, 0.25) is 5.88 Å². The Kier molecular flexibility index (Phi) is 9.03. The number of carbonyl (C=O) groups is 1. The third kappa shape index (κ3) is 7.16. The van der Waals surface area contributed by atoms with Crippen molar-refractivity contribution in [1.29, 1.82) is 0 Å². The van der Waals surface area contributed by atoms with Gasteiger partial charge in [-0.2, -0.15) is 0 Å². The van der Waals surface area contributed by atoms with Crippen molar-refractivity contribution < 1.29 is 24.5 Å². The van der Waals surface area contributed by atoms with Crippen molar-refractivity contribution in [3.05, 3.63) is 84.1 Å². The van der Waals surface area contributed by atoms with Crippen LogP contribution in [-0.2, 0) is 6.42 Å². The molecule has 8 nitrogen and oxygen atoms in total. The fourth-order valence-corrected chi connectivity index (χ4v) is 3.27. The molecule has 0 aliphatic rings. The van der Waals surface area contributed by atoms with Crippen LogP contribution in [-0.4, -0.2) is 52.0 Å². The molecule has 0 radical (unpaired) electrons. The third-order valence-corrected chi connectivity index (χ3v) is 5.11. The molecule has 0 aliphatic heterocycles. The highest BCUT2D eigenvalue weighted by Gasteiger charge is 2.24. The van der Waals surface area contributed by atoms with E-state index in [1.165, 1.54) is 6.20 Å². The number of aliphatic hydroxyl groups is 2. The van der Waals surface area contributed by atoms with Crippen molar-refractivity contribution >= 4 is 17.5 Å². The van der Waals surface area contributed by atoms with Crippen LogP contribution in [0.15, 0.2) is 72.9 Å². The SMILES string of the molecule is NC(=O)c1cccnc1Oc1ccc(C[C@@H](CO)NC(Oc2ccccc2)[C@H](O)CCl)cc1. The summed E-state index contributed by atoms with van der Waals surface area (Å²) in [7, 11) is 0. The Balaban J connectivity index is 1.65. The van der Waals surface area contributed by atoms with E-state index in [-0.39, 0.29) is 23.9 Å². The van der Waals surface area contributed by atoms with Crippen LogP contribution < -0.4 is 20.5 Å². The Morgan fingerprint density at radius 2 is 1.79 bits per heavy atom. The number of rotatable bonds is 12. The van der Waals surface area contributed by atoms with Crippen LogP contribution in [0.5, 0.6) is 17.4 Å². The Bertz CT molecular complexity index is 1020. The molecule has 3 aromatic rings. The molecule has 1 heterocycles. The summed E-state index contributed by atoms with van der Waals surface area (Å²) in [5.41, 5.74) is 6.45. The number of benzene rings is 2. The Hall–Kier alpha value is -3.17. The molecule has 1 amide bonds. The molecule has 1 aromatic heterocycles. The van der Waals surface area contributed by atoms with Gasteiger partial charge in [0.15, 0.2) is 6.23 Å². The van der Waals surface area contributed by atoms with Gasteiger partial charge in [0, 0.05) is 12.2 Å². The quantitative estimate of drug-likeness (QED) is 0.236. The van der Waals surface area contributed by atoms with Crippen molar-refractivity contribution in [2.45, 2.75) is 24.8 Å². The lowest BCUT2D eigenvalue weighted by atomic mass is 10.1. The number of hydrogen-bond acceptors (Lipinski definition) is 7. The molecule has 174 valence electrons. The second kappa shape index (κ2) is 12.2. The van der Waals surface area contributed by atoms with Crippen LogP contribution in [0.4, 0.5) is 0 Å². The van der Waals surface area contributed by atoms with Crippen molar-refractivity contribution in [1.82, 2.24) is 10.3 Å². The van der Waals surface area contributed by atoms with Crippen LogP contribution >= 0.6 is 11.6 Å². The van der Waals surface area contributed by atoms with E-state index >= 15 is 0 Å². The topological polar surface area (TPSA) is 127 Å². The number of primary amides is 1. The molecular formula is C24H26ClN3O5. The number of nitrogens with zero attached hydrogens (tertiary/aromatic N) is 1. The molecule has 3 rings (SSSR count). The molecule has 0 spiro atoms. The number of alkyl halides is 1. The minimum atomic E-state index is -0.977. The lowest BCUT2D eigenvalue weighted by Crippen LogP contribution is -2.51. The van der Waals surface area contributed by atoms with E-state index in [4.69, 9.17) is 26.8 Å². The van der Waals surface area contributed by atoms with E-state index in [1.807, 2.05) is 30.3 Å². The fraction of sp³-hybridized carbons (Fsp3) is 0.250. The highest BCUT2D eigenvalue weighted by atomic mass is 35.5. The van der Waals surface area contributed by atoms with Gasteiger partial charge in [-0.25, -0.2) is 4.98 Å². The molecule has 9 heteroatoms. The Morgan fingerprint density at radius 3 is 2.42 bits per heavy atom. The first-order chi connectivity index (χ1) is 16.0. The summed E-state index contributed by atoms with van der Waals surface area (Å²) in [6, 6.07) is 18.9. The van der Waals surface area contributed by atoms with Crippen LogP contribution in [0.25, 0.3) is 0 Å². The number of para-hydroxylation sites is 1. The van der Waals surface area contributed by atoms with Crippen LogP contribution in [0.2, 0.25) is 0 Å². The Labute approximate surface area is 196 Å². The number of ether oxygens (including phenoxy) is 2. The number of aromatic nitrogens is 1. The Morgan fingerprint density at radius 1 is 1.06 bits per heavy atom. The normalized spacial score (nSPS) is 13.7. The number of aliphatic hydroxyl groups excluding tert-OH is 2. The number of amides is 1. The zero-order valence-corrected chi connectivity index (χ0v) is 18.6. The van der Waals surface area contributed by atoms with Gasteiger partial charge in [-0.3, -0.25) is 10.1 Å². The predicted octanol–water partition coefficient (Wildman–Crippen LogP) is 2.47. The van der Waals surface area contributed by atoms with Crippen molar-refractivity contribution in [3.63, 3.8) is 0 Å². The summed E-state index contributed by atoms with van der Waals surface area (Å²) in [6.45, 7) is -0.183. The first-order valence-electron chi connectivity index (χ1n) is 10.3. The van der Waals surface area contributed by atoms with E-state index in [0.29, 0.717) is 17.9 Å². The van der Waals surface area contributed by atoms with Crippen molar-refractivity contribution in [3.8, 4) is 17.4 Å². The van der Waals surface area contributed by atoms with E-state index in [1.54, 1.807) is 36.4 Å². The van der Waals surface area contributed by atoms with E-state index < -0.39 is 24.3 Å². The average molecular weight is 472 g/mol. The zero-order valence-electron chi connectivity index (χ0n) is 17.8. The maximum absolute atomic E-state index is 11.5. The fourth-order valence-electron chi connectivity index (χ4n) is 3.11. The summed E-state index contributed by atoms with van der Waals surface area (Å²) < 4.78 is 11.5. The van der Waals surface area contributed by atoms with Gasteiger partial charge in [-0.05, 0) is 48.4 Å². The number of nitrogens with one attached hydrogen (secondary N) is 1. The van der Waals surface area contributed by atoms with E-state index in [2.05, 4.69) is 10.3 Å². The predicted molar refractivity (Wildman–Crippen MR) is 125 cm³/mol. The molecule has 2 aromatic carbocycles. The van der Waals surface area contributed by atoms with Crippen LogP contribution in [0.1, 0.15) is 15.9 Å². The molecule has 0 bridgehead atoms. The van der Waals surface area contributed by atoms with Gasteiger partial charge in [0.05, 0.1) is 12.5 Å². The maximum Gasteiger partial charge on any atom is 0.254 e. The van der Waals surface area contributed by atoms with Gasteiger partial charge in [0.25, 0.3) is 5.91 Å². The number of nitrogens with two attached hydrogens (primary N) is 1.